The van der Waals surface area contributed by atoms with Crippen LogP contribution in [0.1, 0.15) is 19.4 Å². The van der Waals surface area contributed by atoms with Gasteiger partial charge in [0.15, 0.2) is 0 Å². The quantitative estimate of drug-likeness (QED) is 0.806. The van der Waals surface area contributed by atoms with Gasteiger partial charge in [0.2, 0.25) is 5.91 Å². The molecule has 1 atom stereocenters. The van der Waals surface area contributed by atoms with Gasteiger partial charge in [0.25, 0.3) is 0 Å². The van der Waals surface area contributed by atoms with Gasteiger partial charge in [-0.25, -0.2) is 0 Å². The van der Waals surface area contributed by atoms with E-state index in [1.807, 2.05) is 32.0 Å². The van der Waals surface area contributed by atoms with Gasteiger partial charge in [-0.3, -0.25) is 4.79 Å². The molecule has 0 fully saturated rings. The van der Waals surface area contributed by atoms with Crippen molar-refractivity contribution < 1.29 is 9.90 Å². The topological polar surface area (TPSA) is 49.3 Å². The number of benzene rings is 1. The van der Waals surface area contributed by atoms with Crippen LogP contribution in [0.15, 0.2) is 30.3 Å². The van der Waals surface area contributed by atoms with E-state index in [1.54, 1.807) is 12.1 Å². The summed E-state index contributed by atoms with van der Waals surface area (Å²) >= 11 is 5.95. The maximum Gasteiger partial charge on any atom is 0.244 e. The molecule has 98 valence electrons. The Morgan fingerprint density at radius 1 is 1.44 bits per heavy atom. The van der Waals surface area contributed by atoms with Crippen molar-refractivity contribution in [3.05, 3.63) is 40.9 Å². The number of nitrogens with one attached hydrogen (secondary N) is 1. The molecule has 0 saturated heterocycles. The Hall–Kier alpha value is -1.32. The van der Waals surface area contributed by atoms with Gasteiger partial charge < -0.3 is 10.4 Å². The highest BCUT2D eigenvalue weighted by atomic mass is 35.5. The van der Waals surface area contributed by atoms with Gasteiger partial charge in [0.1, 0.15) is 0 Å². The van der Waals surface area contributed by atoms with E-state index >= 15 is 0 Å². The van der Waals surface area contributed by atoms with Crippen molar-refractivity contribution in [2.24, 2.45) is 5.92 Å². The van der Waals surface area contributed by atoms with E-state index in [1.165, 1.54) is 6.08 Å². The summed E-state index contributed by atoms with van der Waals surface area (Å²) < 4.78 is 0. The molecule has 0 spiro atoms. The van der Waals surface area contributed by atoms with E-state index in [-0.39, 0.29) is 18.4 Å². The minimum Gasteiger partial charge on any atom is -0.391 e. The zero-order valence-corrected chi connectivity index (χ0v) is 11.3. The molecule has 0 aromatic heterocycles. The number of rotatable bonds is 5. The van der Waals surface area contributed by atoms with Crippen molar-refractivity contribution in [1.29, 1.82) is 0 Å². The molecular weight excluding hydrogens is 250 g/mol. The summed E-state index contributed by atoms with van der Waals surface area (Å²) in [5.41, 5.74) is 0.790. The minimum absolute atomic E-state index is 0.123. The number of aliphatic hydroxyl groups excluding tert-OH is 1. The fourth-order valence-corrected chi connectivity index (χ4v) is 1.47. The molecule has 0 heterocycles. The maximum atomic E-state index is 11.5. The highest BCUT2D eigenvalue weighted by molar-refractivity contribution is 6.32. The lowest BCUT2D eigenvalue weighted by Crippen LogP contribution is -2.33. The summed E-state index contributed by atoms with van der Waals surface area (Å²) in [6.45, 7) is 4.05. The van der Waals surface area contributed by atoms with E-state index in [9.17, 15) is 9.90 Å². The van der Waals surface area contributed by atoms with E-state index in [2.05, 4.69) is 5.32 Å². The normalized spacial score (nSPS) is 12.9. The second kappa shape index (κ2) is 7.19. The summed E-state index contributed by atoms with van der Waals surface area (Å²) in [4.78, 5) is 11.5. The highest BCUT2D eigenvalue weighted by Crippen LogP contribution is 2.15. The van der Waals surface area contributed by atoms with Crippen LogP contribution in [0, 0.1) is 5.92 Å². The Morgan fingerprint density at radius 2 is 2.11 bits per heavy atom. The lowest BCUT2D eigenvalue weighted by atomic mass is 10.1. The fraction of sp³-hybridized carbons (Fsp3) is 0.357. The molecule has 1 aromatic rings. The molecule has 1 aromatic carbocycles. The molecule has 0 aliphatic rings. The molecule has 1 amide bonds. The lowest BCUT2D eigenvalue weighted by molar-refractivity contribution is -0.117. The van der Waals surface area contributed by atoms with Gasteiger partial charge in [0.05, 0.1) is 6.10 Å². The standard InChI is InChI=1S/C14H18ClNO2/c1-10(2)13(17)9-16-14(18)8-7-11-5-3-4-6-12(11)15/h3-8,10,13,17H,9H2,1-2H3,(H,16,18)/b8-7+. The number of carbonyl (C=O) groups excluding carboxylic acids is 1. The summed E-state index contributed by atoms with van der Waals surface area (Å²) in [7, 11) is 0. The van der Waals surface area contributed by atoms with Gasteiger partial charge in [-0.2, -0.15) is 0 Å². The molecular formula is C14H18ClNO2. The van der Waals surface area contributed by atoms with Crippen molar-refractivity contribution in [2.75, 3.05) is 6.54 Å². The van der Waals surface area contributed by atoms with Crippen molar-refractivity contribution in [3.63, 3.8) is 0 Å². The van der Waals surface area contributed by atoms with Crippen LogP contribution >= 0.6 is 11.6 Å². The molecule has 3 nitrogen and oxygen atoms in total. The number of amides is 1. The second-order valence-electron chi connectivity index (χ2n) is 4.41. The molecule has 1 rings (SSSR count). The Kier molecular flexibility index (Phi) is 5.89. The van der Waals surface area contributed by atoms with Gasteiger partial charge >= 0.3 is 0 Å². The molecule has 0 radical (unpaired) electrons. The highest BCUT2D eigenvalue weighted by Gasteiger charge is 2.09. The van der Waals surface area contributed by atoms with Crippen LogP contribution in [-0.2, 0) is 4.79 Å². The minimum atomic E-state index is -0.525. The average molecular weight is 268 g/mol. The molecule has 0 aliphatic carbocycles. The third-order valence-electron chi connectivity index (χ3n) is 2.57. The third-order valence-corrected chi connectivity index (χ3v) is 2.92. The van der Waals surface area contributed by atoms with Crippen LogP contribution in [0.5, 0.6) is 0 Å². The third kappa shape index (κ3) is 4.90. The van der Waals surface area contributed by atoms with Crippen LogP contribution in [0.4, 0.5) is 0 Å². The first-order chi connectivity index (χ1) is 8.50. The van der Waals surface area contributed by atoms with Gasteiger partial charge in [-0.15, -0.1) is 0 Å². The van der Waals surface area contributed by atoms with Gasteiger partial charge in [-0.05, 0) is 23.6 Å². The maximum absolute atomic E-state index is 11.5. The summed E-state index contributed by atoms with van der Waals surface area (Å²) in [6.07, 6.45) is 2.54. The van der Waals surface area contributed by atoms with Crippen LogP contribution in [0.3, 0.4) is 0 Å². The first kappa shape index (κ1) is 14.7. The van der Waals surface area contributed by atoms with Crippen LogP contribution < -0.4 is 5.32 Å². The first-order valence-electron chi connectivity index (χ1n) is 5.89. The molecule has 18 heavy (non-hydrogen) atoms. The average Bonchev–Trinajstić information content (AvgIpc) is 2.34. The lowest BCUT2D eigenvalue weighted by Gasteiger charge is -2.14. The summed E-state index contributed by atoms with van der Waals surface area (Å²) in [5.74, 6) is -0.118. The molecule has 1 unspecified atom stereocenters. The van der Waals surface area contributed by atoms with Crippen molar-refractivity contribution in [3.8, 4) is 0 Å². The van der Waals surface area contributed by atoms with Crippen molar-refractivity contribution in [1.82, 2.24) is 5.32 Å². The molecule has 0 aliphatic heterocycles. The van der Waals surface area contributed by atoms with Crippen LogP contribution in [0.2, 0.25) is 5.02 Å². The number of hydrogen-bond donors (Lipinski definition) is 2. The van der Waals surface area contributed by atoms with E-state index < -0.39 is 6.10 Å². The predicted molar refractivity (Wildman–Crippen MR) is 74.3 cm³/mol. The summed E-state index contributed by atoms with van der Waals surface area (Å²) in [6, 6.07) is 7.28. The zero-order chi connectivity index (χ0) is 13.5. The molecule has 0 saturated carbocycles. The van der Waals surface area contributed by atoms with E-state index in [4.69, 9.17) is 11.6 Å². The Bertz CT molecular complexity index is 430. The van der Waals surface area contributed by atoms with Crippen molar-refractivity contribution >= 4 is 23.6 Å². The number of hydrogen-bond acceptors (Lipinski definition) is 2. The smallest absolute Gasteiger partial charge is 0.244 e. The second-order valence-corrected chi connectivity index (χ2v) is 4.82. The fourth-order valence-electron chi connectivity index (χ4n) is 1.28. The van der Waals surface area contributed by atoms with Crippen LogP contribution in [0.25, 0.3) is 6.08 Å². The first-order valence-corrected chi connectivity index (χ1v) is 6.27. The van der Waals surface area contributed by atoms with E-state index in [0.29, 0.717) is 5.02 Å². The Balaban J connectivity index is 2.48. The molecule has 2 N–H and O–H groups in total. The molecule has 4 heteroatoms. The Morgan fingerprint density at radius 3 is 2.72 bits per heavy atom. The summed E-state index contributed by atoms with van der Waals surface area (Å²) in [5, 5.41) is 12.8. The van der Waals surface area contributed by atoms with Gasteiger partial charge in [0, 0.05) is 17.6 Å². The largest absolute Gasteiger partial charge is 0.391 e. The van der Waals surface area contributed by atoms with Crippen molar-refractivity contribution in [2.45, 2.75) is 20.0 Å². The number of halogens is 1. The number of aliphatic hydroxyl groups is 1. The van der Waals surface area contributed by atoms with E-state index in [0.717, 1.165) is 5.56 Å². The SMILES string of the molecule is CC(C)C(O)CNC(=O)/C=C/c1ccccc1Cl. The molecule has 0 bridgehead atoms. The van der Waals surface area contributed by atoms with Gasteiger partial charge in [-0.1, -0.05) is 43.6 Å². The monoisotopic (exact) mass is 267 g/mol. The predicted octanol–water partition coefficient (Wildman–Crippen LogP) is 2.49. The number of carbonyl (C=O) groups is 1. The Labute approximate surface area is 112 Å². The zero-order valence-electron chi connectivity index (χ0n) is 10.6. The van der Waals surface area contributed by atoms with Crippen LogP contribution in [-0.4, -0.2) is 23.7 Å².